The fraction of sp³-hybridized carbons (Fsp3) is 0.643. The predicted molar refractivity (Wildman–Crippen MR) is 76.4 cm³/mol. The lowest BCUT2D eigenvalue weighted by atomic mass is 10.0. The molecule has 3 heterocycles. The van der Waals surface area contributed by atoms with Gasteiger partial charge in [0.15, 0.2) is 0 Å². The van der Waals surface area contributed by atoms with Gasteiger partial charge in [-0.1, -0.05) is 0 Å². The molecule has 0 aliphatic carbocycles. The highest BCUT2D eigenvalue weighted by Crippen LogP contribution is 2.16. The Kier molecular flexibility index (Phi) is 4.11. The van der Waals surface area contributed by atoms with E-state index in [1.165, 1.54) is 0 Å². The molecule has 3 rings (SSSR count). The highest BCUT2D eigenvalue weighted by atomic mass is 16.2. The molecule has 108 valence electrons. The van der Waals surface area contributed by atoms with Gasteiger partial charge in [0.25, 0.3) is 0 Å². The van der Waals surface area contributed by atoms with E-state index in [2.05, 4.69) is 20.2 Å². The molecule has 6 nitrogen and oxygen atoms in total. The maximum absolute atomic E-state index is 12.2. The molecule has 2 aliphatic rings. The molecule has 1 aromatic heterocycles. The smallest absolute Gasteiger partial charge is 0.223 e. The van der Waals surface area contributed by atoms with E-state index in [4.69, 9.17) is 0 Å². The third-order valence-corrected chi connectivity index (χ3v) is 4.13. The predicted octanol–water partition coefficient (Wildman–Crippen LogP) is 0.125. The first-order valence-corrected chi connectivity index (χ1v) is 7.32. The van der Waals surface area contributed by atoms with Crippen molar-refractivity contribution < 1.29 is 4.79 Å². The minimum Gasteiger partial charge on any atom is -0.352 e. The number of piperazine rings is 1. The van der Waals surface area contributed by atoms with Crippen LogP contribution in [-0.2, 0) is 4.79 Å². The van der Waals surface area contributed by atoms with Crippen LogP contribution in [-0.4, -0.2) is 60.0 Å². The van der Waals surface area contributed by atoms with Crippen molar-refractivity contribution in [2.24, 2.45) is 5.92 Å². The van der Waals surface area contributed by atoms with Gasteiger partial charge in [0, 0.05) is 45.0 Å². The quantitative estimate of drug-likeness (QED) is 0.849. The van der Waals surface area contributed by atoms with Gasteiger partial charge in [0.05, 0.1) is 6.20 Å². The molecule has 1 N–H and O–H groups in total. The van der Waals surface area contributed by atoms with Gasteiger partial charge in [0.2, 0.25) is 5.91 Å². The van der Waals surface area contributed by atoms with E-state index >= 15 is 0 Å². The Morgan fingerprint density at radius 2 is 2.15 bits per heavy atom. The van der Waals surface area contributed by atoms with Crippen molar-refractivity contribution in [3.63, 3.8) is 0 Å². The fourth-order valence-corrected chi connectivity index (χ4v) is 2.90. The lowest BCUT2D eigenvalue weighted by Crippen LogP contribution is -2.49. The van der Waals surface area contributed by atoms with Gasteiger partial charge in [-0.05, 0) is 25.4 Å². The van der Waals surface area contributed by atoms with Crippen LogP contribution in [0.5, 0.6) is 0 Å². The lowest BCUT2D eigenvalue weighted by molar-refractivity contribution is -0.132. The molecule has 1 aromatic rings. The van der Waals surface area contributed by atoms with Crippen LogP contribution in [0.4, 0.5) is 5.82 Å². The number of aromatic nitrogens is 2. The lowest BCUT2D eigenvalue weighted by Gasteiger charge is -2.35. The summed E-state index contributed by atoms with van der Waals surface area (Å²) in [5.74, 6) is 1.73. The second-order valence-electron chi connectivity index (χ2n) is 5.49. The Hall–Kier alpha value is -1.69. The van der Waals surface area contributed by atoms with Crippen LogP contribution in [0, 0.1) is 5.92 Å². The standard InChI is InChI=1S/C14H21N5O/c20-14(9-12-1-2-15-10-12)19-7-5-18(6-8-19)13-11-16-3-4-17-13/h3-4,11-12,15H,1-2,5-10H2. The van der Waals surface area contributed by atoms with E-state index in [0.29, 0.717) is 18.2 Å². The maximum Gasteiger partial charge on any atom is 0.223 e. The van der Waals surface area contributed by atoms with Crippen LogP contribution in [0.15, 0.2) is 18.6 Å². The van der Waals surface area contributed by atoms with Crippen molar-refractivity contribution in [2.45, 2.75) is 12.8 Å². The molecule has 1 unspecified atom stereocenters. The number of nitrogens with zero attached hydrogens (tertiary/aromatic N) is 4. The first kappa shape index (κ1) is 13.3. The van der Waals surface area contributed by atoms with Crippen molar-refractivity contribution in [3.8, 4) is 0 Å². The second kappa shape index (κ2) is 6.17. The number of hydrogen-bond donors (Lipinski definition) is 1. The molecule has 1 amide bonds. The van der Waals surface area contributed by atoms with Gasteiger partial charge in [0.1, 0.15) is 5.82 Å². The van der Waals surface area contributed by atoms with E-state index in [1.54, 1.807) is 18.6 Å². The van der Waals surface area contributed by atoms with E-state index in [-0.39, 0.29) is 0 Å². The molecule has 1 atom stereocenters. The Balaban J connectivity index is 1.49. The molecule has 2 fully saturated rings. The van der Waals surface area contributed by atoms with Crippen LogP contribution in [0.25, 0.3) is 0 Å². The Morgan fingerprint density at radius 1 is 1.30 bits per heavy atom. The average Bonchev–Trinajstić information content (AvgIpc) is 3.01. The van der Waals surface area contributed by atoms with Gasteiger partial charge in [-0.15, -0.1) is 0 Å². The minimum atomic E-state index is 0.303. The Labute approximate surface area is 119 Å². The molecule has 2 aliphatic heterocycles. The van der Waals surface area contributed by atoms with E-state index < -0.39 is 0 Å². The Bertz CT molecular complexity index is 438. The van der Waals surface area contributed by atoms with Crippen molar-refractivity contribution in [1.29, 1.82) is 0 Å². The summed E-state index contributed by atoms with van der Waals surface area (Å²) in [6.45, 7) is 5.30. The summed E-state index contributed by atoms with van der Waals surface area (Å²) in [4.78, 5) is 24.8. The number of anilines is 1. The van der Waals surface area contributed by atoms with Gasteiger partial charge in [-0.3, -0.25) is 9.78 Å². The highest BCUT2D eigenvalue weighted by Gasteiger charge is 2.25. The number of hydrogen-bond acceptors (Lipinski definition) is 5. The van der Waals surface area contributed by atoms with Crippen LogP contribution >= 0.6 is 0 Å². The number of amides is 1. The SMILES string of the molecule is O=C(CC1CCNC1)N1CCN(c2cnccn2)CC1. The van der Waals surface area contributed by atoms with Crippen molar-refractivity contribution >= 4 is 11.7 Å². The molecule has 0 radical (unpaired) electrons. The van der Waals surface area contributed by atoms with Crippen molar-refractivity contribution in [2.75, 3.05) is 44.2 Å². The molecule has 20 heavy (non-hydrogen) atoms. The van der Waals surface area contributed by atoms with Gasteiger partial charge in [-0.2, -0.15) is 0 Å². The van der Waals surface area contributed by atoms with Gasteiger partial charge >= 0.3 is 0 Å². The molecule has 0 bridgehead atoms. The molecule has 0 spiro atoms. The first-order chi connectivity index (χ1) is 9.83. The third kappa shape index (κ3) is 3.07. The number of carbonyl (C=O) groups excluding carboxylic acids is 1. The minimum absolute atomic E-state index is 0.303. The zero-order valence-corrected chi connectivity index (χ0v) is 11.7. The van der Waals surface area contributed by atoms with Crippen LogP contribution in [0.1, 0.15) is 12.8 Å². The topological polar surface area (TPSA) is 61.4 Å². The Morgan fingerprint density at radius 3 is 2.80 bits per heavy atom. The molecule has 0 aromatic carbocycles. The van der Waals surface area contributed by atoms with Crippen LogP contribution in [0.3, 0.4) is 0 Å². The summed E-state index contributed by atoms with van der Waals surface area (Å²) >= 11 is 0. The van der Waals surface area contributed by atoms with Crippen LogP contribution < -0.4 is 10.2 Å². The zero-order valence-electron chi connectivity index (χ0n) is 11.7. The zero-order chi connectivity index (χ0) is 13.8. The van der Waals surface area contributed by atoms with E-state index in [1.807, 2.05) is 4.90 Å². The van der Waals surface area contributed by atoms with Crippen LogP contribution in [0.2, 0.25) is 0 Å². The maximum atomic E-state index is 12.2. The summed E-state index contributed by atoms with van der Waals surface area (Å²) in [5, 5.41) is 3.31. The second-order valence-corrected chi connectivity index (χ2v) is 5.49. The molecule has 6 heteroatoms. The largest absolute Gasteiger partial charge is 0.352 e. The monoisotopic (exact) mass is 275 g/mol. The summed E-state index contributed by atoms with van der Waals surface area (Å²) in [6.07, 6.45) is 6.99. The van der Waals surface area contributed by atoms with Crippen molar-refractivity contribution in [3.05, 3.63) is 18.6 Å². The molecule has 0 saturated carbocycles. The summed E-state index contributed by atoms with van der Waals surface area (Å²) < 4.78 is 0. The van der Waals surface area contributed by atoms with Crippen molar-refractivity contribution in [1.82, 2.24) is 20.2 Å². The third-order valence-electron chi connectivity index (χ3n) is 4.13. The van der Waals surface area contributed by atoms with Gasteiger partial charge in [-0.25, -0.2) is 4.98 Å². The molecular formula is C14H21N5O. The van der Waals surface area contributed by atoms with E-state index in [9.17, 15) is 4.79 Å². The van der Waals surface area contributed by atoms with E-state index in [0.717, 1.165) is 51.5 Å². The number of rotatable bonds is 3. The molecule has 2 saturated heterocycles. The number of carbonyl (C=O) groups is 1. The average molecular weight is 275 g/mol. The molecular weight excluding hydrogens is 254 g/mol. The first-order valence-electron chi connectivity index (χ1n) is 7.32. The number of nitrogens with one attached hydrogen (secondary N) is 1. The van der Waals surface area contributed by atoms with Gasteiger partial charge < -0.3 is 15.1 Å². The summed E-state index contributed by atoms with van der Waals surface area (Å²) in [6, 6.07) is 0. The fourth-order valence-electron chi connectivity index (χ4n) is 2.90. The summed E-state index contributed by atoms with van der Waals surface area (Å²) in [5.41, 5.74) is 0. The highest BCUT2D eigenvalue weighted by molar-refractivity contribution is 5.76. The normalized spacial score (nSPS) is 23.1. The summed E-state index contributed by atoms with van der Waals surface area (Å²) in [7, 11) is 0.